The Morgan fingerprint density at radius 2 is 2.26 bits per heavy atom. The number of hydrogen-bond acceptors (Lipinski definition) is 4. The van der Waals surface area contributed by atoms with E-state index in [4.69, 9.17) is 23.1 Å². The molecular formula is C12H11ClN2O4. The topological polar surface area (TPSA) is 83.7 Å². The van der Waals surface area contributed by atoms with Crippen molar-refractivity contribution < 1.29 is 14.8 Å². The Kier molecular flexibility index (Phi) is 5.15. The lowest BCUT2D eigenvalue weighted by atomic mass is 10.2. The van der Waals surface area contributed by atoms with E-state index >= 15 is 0 Å². The minimum absolute atomic E-state index is 0.0210. The Bertz CT molecular complexity index is 539. The Balaban J connectivity index is 3.02. The molecular weight excluding hydrogens is 272 g/mol. The quantitative estimate of drug-likeness (QED) is 0.491. The Morgan fingerprint density at radius 3 is 2.79 bits per heavy atom. The maximum Gasteiger partial charge on any atom is 0.305 e. The number of terminal acetylenes is 1. The number of nitro benzene ring substituents is 1. The van der Waals surface area contributed by atoms with Gasteiger partial charge in [0.1, 0.15) is 5.02 Å². The molecule has 1 aromatic rings. The third-order valence-corrected chi connectivity index (χ3v) is 2.69. The summed E-state index contributed by atoms with van der Waals surface area (Å²) in [5, 5.41) is 19.5. The number of halogens is 1. The first kappa shape index (κ1) is 14.8. The van der Waals surface area contributed by atoms with Gasteiger partial charge in [0.25, 0.3) is 5.69 Å². The Labute approximate surface area is 114 Å². The van der Waals surface area contributed by atoms with Crippen molar-refractivity contribution in [1.82, 2.24) is 0 Å². The van der Waals surface area contributed by atoms with E-state index in [1.54, 1.807) is 11.0 Å². The largest absolute Gasteiger partial charge is 0.481 e. The number of carboxylic acids is 1. The molecule has 0 unspecified atom stereocenters. The zero-order valence-electron chi connectivity index (χ0n) is 9.88. The minimum Gasteiger partial charge on any atom is -0.481 e. The van der Waals surface area contributed by atoms with Gasteiger partial charge in [-0.3, -0.25) is 14.9 Å². The first-order valence-corrected chi connectivity index (χ1v) is 5.67. The van der Waals surface area contributed by atoms with E-state index in [0.717, 1.165) is 0 Å². The Morgan fingerprint density at radius 1 is 1.58 bits per heavy atom. The van der Waals surface area contributed by atoms with E-state index in [2.05, 4.69) is 5.92 Å². The van der Waals surface area contributed by atoms with E-state index in [9.17, 15) is 14.9 Å². The molecule has 0 spiro atoms. The van der Waals surface area contributed by atoms with Crippen molar-refractivity contribution in [2.45, 2.75) is 6.42 Å². The van der Waals surface area contributed by atoms with Crippen molar-refractivity contribution in [3.63, 3.8) is 0 Å². The Hall–Kier alpha value is -2.26. The maximum atomic E-state index is 10.8. The molecule has 0 aliphatic rings. The summed E-state index contributed by atoms with van der Waals surface area (Å²) >= 11 is 5.71. The predicted molar refractivity (Wildman–Crippen MR) is 71.4 cm³/mol. The molecule has 0 bridgehead atoms. The molecule has 19 heavy (non-hydrogen) atoms. The number of nitrogens with zero attached hydrogens (tertiary/aromatic N) is 2. The highest BCUT2D eigenvalue weighted by Crippen LogP contribution is 2.29. The number of hydrogen-bond donors (Lipinski definition) is 1. The molecule has 1 rings (SSSR count). The van der Waals surface area contributed by atoms with Gasteiger partial charge in [-0.2, -0.15) is 0 Å². The molecule has 0 saturated heterocycles. The molecule has 0 radical (unpaired) electrons. The standard InChI is InChI=1S/C12H11ClN2O4/c1-2-6-14(7-5-12(16)17)9-3-4-10(13)11(8-9)15(18)19/h1,3-4,8H,5-7H2,(H,16,17). The molecule has 100 valence electrons. The van der Waals surface area contributed by atoms with Gasteiger partial charge in [-0.1, -0.05) is 17.5 Å². The van der Waals surface area contributed by atoms with Crippen LogP contribution in [-0.2, 0) is 4.79 Å². The van der Waals surface area contributed by atoms with Crippen LogP contribution in [0.15, 0.2) is 18.2 Å². The summed E-state index contributed by atoms with van der Waals surface area (Å²) in [7, 11) is 0. The highest BCUT2D eigenvalue weighted by molar-refractivity contribution is 6.32. The zero-order valence-corrected chi connectivity index (χ0v) is 10.6. The molecule has 7 heteroatoms. The van der Waals surface area contributed by atoms with Crippen molar-refractivity contribution in [2.24, 2.45) is 0 Å². The highest BCUT2D eigenvalue weighted by atomic mass is 35.5. The van der Waals surface area contributed by atoms with Gasteiger partial charge in [0.2, 0.25) is 0 Å². The van der Waals surface area contributed by atoms with Crippen molar-refractivity contribution >= 4 is 28.9 Å². The number of nitro groups is 1. The number of carboxylic acid groups (broad SMARTS) is 1. The van der Waals surface area contributed by atoms with Gasteiger partial charge >= 0.3 is 5.97 Å². The highest BCUT2D eigenvalue weighted by Gasteiger charge is 2.16. The van der Waals surface area contributed by atoms with E-state index in [0.29, 0.717) is 5.69 Å². The molecule has 1 N–H and O–H groups in total. The van der Waals surface area contributed by atoms with Crippen molar-refractivity contribution in [1.29, 1.82) is 0 Å². The van der Waals surface area contributed by atoms with Gasteiger partial charge in [0.05, 0.1) is 17.9 Å². The number of rotatable bonds is 6. The molecule has 6 nitrogen and oxygen atoms in total. The first-order chi connectivity index (χ1) is 8.95. The summed E-state index contributed by atoms with van der Waals surface area (Å²) in [5.41, 5.74) is 0.229. The number of aliphatic carboxylic acids is 1. The van der Waals surface area contributed by atoms with Gasteiger partial charge in [0, 0.05) is 18.3 Å². The van der Waals surface area contributed by atoms with Crippen molar-refractivity contribution in [2.75, 3.05) is 18.0 Å². The lowest BCUT2D eigenvalue weighted by molar-refractivity contribution is -0.384. The maximum absolute atomic E-state index is 10.8. The average Bonchev–Trinajstić information content (AvgIpc) is 2.34. The fraction of sp³-hybridized carbons (Fsp3) is 0.250. The van der Waals surface area contributed by atoms with Crippen LogP contribution in [0.1, 0.15) is 6.42 Å². The average molecular weight is 283 g/mol. The molecule has 0 amide bonds. The summed E-state index contributed by atoms with van der Waals surface area (Å²) in [6.07, 6.45) is 5.09. The molecule has 0 heterocycles. The van der Waals surface area contributed by atoms with Crippen molar-refractivity contribution in [3.05, 3.63) is 33.3 Å². The number of anilines is 1. The molecule has 0 aliphatic carbocycles. The number of carbonyl (C=O) groups is 1. The smallest absolute Gasteiger partial charge is 0.305 e. The van der Waals surface area contributed by atoms with Crippen LogP contribution in [0, 0.1) is 22.5 Å². The van der Waals surface area contributed by atoms with Gasteiger partial charge in [-0.05, 0) is 12.1 Å². The van der Waals surface area contributed by atoms with Crippen LogP contribution < -0.4 is 4.90 Å². The fourth-order valence-electron chi connectivity index (χ4n) is 1.48. The monoisotopic (exact) mass is 282 g/mol. The molecule has 0 aliphatic heterocycles. The molecule has 0 atom stereocenters. The summed E-state index contributed by atoms with van der Waals surface area (Å²) in [6, 6.07) is 4.23. The third kappa shape index (κ3) is 4.16. The van der Waals surface area contributed by atoms with Gasteiger partial charge in [0.15, 0.2) is 0 Å². The van der Waals surface area contributed by atoms with Crippen molar-refractivity contribution in [3.8, 4) is 12.3 Å². The second kappa shape index (κ2) is 6.61. The van der Waals surface area contributed by atoms with E-state index in [-0.39, 0.29) is 30.2 Å². The predicted octanol–water partition coefficient (Wildman–Crippen LogP) is 2.16. The lowest BCUT2D eigenvalue weighted by Gasteiger charge is -2.21. The molecule has 1 aromatic carbocycles. The second-order valence-electron chi connectivity index (χ2n) is 3.66. The van der Waals surface area contributed by atoms with E-state index in [1.165, 1.54) is 12.1 Å². The molecule has 0 aromatic heterocycles. The van der Waals surface area contributed by atoms with Crippen LogP contribution in [0.2, 0.25) is 5.02 Å². The van der Waals surface area contributed by atoms with Crippen LogP contribution >= 0.6 is 11.6 Å². The summed E-state index contributed by atoms with van der Waals surface area (Å²) in [6.45, 7) is 0.324. The summed E-state index contributed by atoms with van der Waals surface area (Å²) < 4.78 is 0. The molecule has 0 saturated carbocycles. The normalized spacial score (nSPS) is 9.68. The second-order valence-corrected chi connectivity index (χ2v) is 4.07. The van der Waals surface area contributed by atoms with Crippen LogP contribution in [0.5, 0.6) is 0 Å². The minimum atomic E-state index is -0.967. The van der Waals surface area contributed by atoms with Crippen LogP contribution in [0.4, 0.5) is 11.4 Å². The zero-order chi connectivity index (χ0) is 14.4. The van der Waals surface area contributed by atoms with Gasteiger partial charge in [-0.25, -0.2) is 0 Å². The number of benzene rings is 1. The van der Waals surface area contributed by atoms with Crippen LogP contribution in [0.25, 0.3) is 0 Å². The third-order valence-electron chi connectivity index (χ3n) is 2.37. The summed E-state index contributed by atoms with van der Waals surface area (Å²) in [5.74, 6) is 1.42. The SMILES string of the molecule is C#CCN(CCC(=O)O)c1ccc(Cl)c([N+](=O)[O-])c1. The summed E-state index contributed by atoms with van der Waals surface area (Å²) in [4.78, 5) is 22.3. The van der Waals surface area contributed by atoms with Gasteiger partial charge < -0.3 is 10.0 Å². The first-order valence-electron chi connectivity index (χ1n) is 5.30. The van der Waals surface area contributed by atoms with Crippen LogP contribution in [0.3, 0.4) is 0 Å². The molecule has 0 fully saturated rings. The van der Waals surface area contributed by atoms with E-state index in [1.807, 2.05) is 0 Å². The fourth-order valence-corrected chi connectivity index (χ4v) is 1.66. The van der Waals surface area contributed by atoms with E-state index < -0.39 is 10.9 Å². The van der Waals surface area contributed by atoms with Gasteiger partial charge in [-0.15, -0.1) is 6.42 Å². The lowest BCUT2D eigenvalue weighted by Crippen LogP contribution is -2.26. The van der Waals surface area contributed by atoms with Crippen LogP contribution in [-0.4, -0.2) is 29.1 Å².